The molecule has 150 valence electrons. The molecule has 0 fully saturated rings. The third-order valence-electron chi connectivity index (χ3n) is 5.28. The van der Waals surface area contributed by atoms with E-state index in [1.54, 1.807) is 12.4 Å². The van der Waals surface area contributed by atoms with E-state index in [4.69, 9.17) is 0 Å². The molecule has 0 aliphatic rings. The number of nitrogens with one attached hydrogen (secondary N) is 2. The molecule has 6 nitrogen and oxygen atoms in total. The van der Waals surface area contributed by atoms with Crippen LogP contribution in [0.5, 0.6) is 0 Å². The lowest BCUT2D eigenvalue weighted by Gasteiger charge is -2.02. The third kappa shape index (κ3) is 3.34. The maximum absolute atomic E-state index is 4.60. The summed E-state index contributed by atoms with van der Waals surface area (Å²) in [6.07, 6.45) is 10.7. The van der Waals surface area contributed by atoms with Crippen LogP contribution in [0.3, 0.4) is 0 Å². The van der Waals surface area contributed by atoms with Gasteiger partial charge in [0.25, 0.3) is 0 Å². The Bertz CT molecular complexity index is 1450. The highest BCUT2D eigenvalue weighted by molar-refractivity contribution is 6.11. The van der Waals surface area contributed by atoms with Gasteiger partial charge >= 0.3 is 0 Å². The zero-order valence-corrected chi connectivity index (χ0v) is 17.0. The summed E-state index contributed by atoms with van der Waals surface area (Å²) in [4.78, 5) is 16.4. The highest BCUT2D eigenvalue weighted by Crippen LogP contribution is 2.33. The summed E-state index contributed by atoms with van der Waals surface area (Å²) in [5, 5.41) is 9.82. The van der Waals surface area contributed by atoms with Crippen molar-refractivity contribution in [1.82, 2.24) is 25.1 Å². The van der Waals surface area contributed by atoms with Crippen molar-refractivity contribution in [3.63, 3.8) is 0 Å². The second-order valence-corrected chi connectivity index (χ2v) is 7.08. The Hall–Kier alpha value is -4.32. The number of H-pyrrole nitrogens is 2. The van der Waals surface area contributed by atoms with Gasteiger partial charge in [0.2, 0.25) is 0 Å². The molecule has 0 unspecified atom stereocenters. The fourth-order valence-electron chi connectivity index (χ4n) is 3.77. The van der Waals surface area contributed by atoms with E-state index in [-0.39, 0.29) is 0 Å². The molecule has 0 radical (unpaired) electrons. The van der Waals surface area contributed by atoms with Gasteiger partial charge in [0, 0.05) is 52.9 Å². The molecule has 2 N–H and O–H groups in total. The van der Waals surface area contributed by atoms with Gasteiger partial charge in [0.05, 0.1) is 16.9 Å². The fraction of sp³-hybridized carbons (Fsp3) is 0.0400. The Morgan fingerprint density at radius 2 is 1.81 bits per heavy atom. The van der Waals surface area contributed by atoms with Crippen LogP contribution in [-0.4, -0.2) is 31.4 Å². The summed E-state index contributed by atoms with van der Waals surface area (Å²) in [5.74, 6) is 0. The Labute approximate surface area is 179 Å². The molecule has 0 amide bonds. The Morgan fingerprint density at radius 1 is 0.968 bits per heavy atom. The summed E-state index contributed by atoms with van der Waals surface area (Å²) < 4.78 is 0. The number of aliphatic imine (C=N–C) groups is 1. The predicted octanol–water partition coefficient (Wildman–Crippen LogP) is 5.79. The Balaban J connectivity index is 1.65. The van der Waals surface area contributed by atoms with E-state index in [2.05, 4.69) is 54.9 Å². The Morgan fingerprint density at radius 3 is 2.61 bits per heavy atom. The third-order valence-corrected chi connectivity index (χ3v) is 5.28. The molecule has 1 aromatic carbocycles. The molecule has 6 heteroatoms. The number of rotatable bonds is 5. The molecular formula is C25H20N6. The molecule has 31 heavy (non-hydrogen) atoms. The first-order valence-electron chi connectivity index (χ1n) is 9.96. The number of fused-ring (bicyclic) bond motifs is 2. The van der Waals surface area contributed by atoms with Crippen LogP contribution in [0.15, 0.2) is 84.9 Å². The first-order chi connectivity index (χ1) is 15.3. The largest absolute Gasteiger partial charge is 0.353 e. The number of aromatic nitrogens is 5. The van der Waals surface area contributed by atoms with E-state index < -0.39 is 0 Å². The molecule has 0 spiro atoms. The smallest absolute Gasteiger partial charge is 0.116 e. The highest BCUT2D eigenvalue weighted by atomic mass is 15.1. The topological polar surface area (TPSA) is 82.6 Å². The van der Waals surface area contributed by atoms with Crippen molar-refractivity contribution >= 4 is 33.6 Å². The normalized spacial score (nSPS) is 12.2. The average molecular weight is 404 g/mol. The molecule has 5 rings (SSSR count). The van der Waals surface area contributed by atoms with Gasteiger partial charge in [-0.1, -0.05) is 18.7 Å². The van der Waals surface area contributed by atoms with Crippen molar-refractivity contribution in [1.29, 1.82) is 0 Å². The molecule has 0 aliphatic carbocycles. The molecular weight excluding hydrogens is 384 g/mol. The molecule has 0 atom stereocenters. The van der Waals surface area contributed by atoms with Crippen LogP contribution in [0.1, 0.15) is 12.5 Å². The standard InChI is InChI=1S/C25H20N6/c1-3-16(15-26-4-2)18-5-6-22-19(13-18)25(31-30-22)23-14-20-21(29-23)9-12-28-24(20)17-7-10-27-11-8-17/h3-15,29H,2H2,1H3,(H,30,31)/b16-3+,26-15?. The van der Waals surface area contributed by atoms with E-state index in [1.165, 1.54) is 6.20 Å². The molecule has 0 saturated carbocycles. The lowest BCUT2D eigenvalue weighted by molar-refractivity contribution is 1.12. The fourth-order valence-corrected chi connectivity index (χ4v) is 3.77. The minimum Gasteiger partial charge on any atom is -0.353 e. The quantitative estimate of drug-likeness (QED) is 0.364. The van der Waals surface area contributed by atoms with E-state index >= 15 is 0 Å². The van der Waals surface area contributed by atoms with E-state index in [0.29, 0.717) is 0 Å². The summed E-state index contributed by atoms with van der Waals surface area (Å²) in [6.45, 7) is 5.65. The summed E-state index contributed by atoms with van der Waals surface area (Å²) in [6, 6.07) is 14.3. The van der Waals surface area contributed by atoms with Gasteiger partial charge in [0.15, 0.2) is 0 Å². The number of nitrogens with zero attached hydrogens (tertiary/aromatic N) is 4. The van der Waals surface area contributed by atoms with E-state index in [9.17, 15) is 0 Å². The summed E-state index contributed by atoms with van der Waals surface area (Å²) >= 11 is 0. The van der Waals surface area contributed by atoms with Crippen LogP contribution in [0.25, 0.3) is 50.0 Å². The molecule has 5 aromatic rings. The number of hydrogen-bond acceptors (Lipinski definition) is 4. The number of allylic oxidation sites excluding steroid dienone is 2. The van der Waals surface area contributed by atoms with E-state index in [1.807, 2.05) is 49.7 Å². The average Bonchev–Trinajstić information content (AvgIpc) is 3.43. The summed E-state index contributed by atoms with van der Waals surface area (Å²) in [5.41, 5.74) is 7.82. The molecule has 4 heterocycles. The van der Waals surface area contributed by atoms with Crippen molar-refractivity contribution < 1.29 is 0 Å². The second kappa shape index (κ2) is 7.84. The second-order valence-electron chi connectivity index (χ2n) is 7.08. The van der Waals surface area contributed by atoms with Crippen molar-refractivity contribution in [3.8, 4) is 22.6 Å². The molecule has 0 bridgehead atoms. The first kappa shape index (κ1) is 18.7. The minimum absolute atomic E-state index is 0.866. The van der Waals surface area contributed by atoms with Gasteiger partial charge in [0.1, 0.15) is 5.69 Å². The highest BCUT2D eigenvalue weighted by Gasteiger charge is 2.15. The van der Waals surface area contributed by atoms with Crippen LogP contribution in [0.4, 0.5) is 0 Å². The summed E-state index contributed by atoms with van der Waals surface area (Å²) in [7, 11) is 0. The van der Waals surface area contributed by atoms with Crippen molar-refractivity contribution in [2.45, 2.75) is 6.92 Å². The minimum atomic E-state index is 0.866. The van der Waals surface area contributed by atoms with Crippen LogP contribution in [-0.2, 0) is 0 Å². The molecule has 0 aliphatic heterocycles. The first-order valence-corrected chi connectivity index (χ1v) is 9.96. The monoisotopic (exact) mass is 404 g/mol. The number of benzene rings is 1. The van der Waals surface area contributed by atoms with Crippen molar-refractivity contribution in [2.75, 3.05) is 0 Å². The van der Waals surface area contributed by atoms with Gasteiger partial charge in [-0.3, -0.25) is 20.1 Å². The van der Waals surface area contributed by atoms with Crippen LogP contribution >= 0.6 is 0 Å². The molecule has 0 saturated heterocycles. The number of pyridine rings is 2. The van der Waals surface area contributed by atoms with Gasteiger partial charge in [-0.15, -0.1) is 0 Å². The Kier molecular flexibility index (Phi) is 4.72. The SMILES string of the molecule is C=CN=C/C(=C\C)c1ccc2[nH]nc(-c3cc4c(-c5ccncc5)nccc4[nH]3)c2c1. The zero-order valence-electron chi connectivity index (χ0n) is 17.0. The van der Waals surface area contributed by atoms with Gasteiger partial charge in [-0.2, -0.15) is 5.10 Å². The predicted molar refractivity (Wildman–Crippen MR) is 127 cm³/mol. The number of aromatic amines is 2. The van der Waals surface area contributed by atoms with Gasteiger partial charge in [-0.05, 0) is 54.5 Å². The van der Waals surface area contributed by atoms with Crippen LogP contribution < -0.4 is 0 Å². The van der Waals surface area contributed by atoms with Crippen molar-refractivity contribution in [3.05, 3.63) is 85.5 Å². The van der Waals surface area contributed by atoms with Crippen molar-refractivity contribution in [2.24, 2.45) is 4.99 Å². The van der Waals surface area contributed by atoms with E-state index in [0.717, 1.165) is 55.6 Å². The lowest BCUT2D eigenvalue weighted by atomic mass is 10.0. The maximum atomic E-state index is 4.60. The number of hydrogen-bond donors (Lipinski definition) is 2. The maximum Gasteiger partial charge on any atom is 0.116 e. The van der Waals surface area contributed by atoms with Gasteiger partial charge < -0.3 is 4.98 Å². The lowest BCUT2D eigenvalue weighted by Crippen LogP contribution is -1.86. The van der Waals surface area contributed by atoms with Crippen LogP contribution in [0, 0.1) is 0 Å². The van der Waals surface area contributed by atoms with Gasteiger partial charge in [-0.25, -0.2) is 0 Å². The zero-order chi connectivity index (χ0) is 21.2. The molecule has 4 aromatic heterocycles. The van der Waals surface area contributed by atoms with Crippen LogP contribution in [0.2, 0.25) is 0 Å².